The molecule has 0 aromatic heterocycles. The molecule has 2 amide bonds. The lowest BCUT2D eigenvalue weighted by molar-refractivity contribution is -0.162. The fourth-order valence-corrected chi connectivity index (χ4v) is 6.29. The summed E-state index contributed by atoms with van der Waals surface area (Å²) in [6, 6.07) is 6.52. The standard InChI is InChI=1S/C17H20BrClN2O2/c1-15(2)16(3)8-9-17(15,13(16)18)14(23)21-20-12(22)10-4-6-11(19)7-5-10/h4-7,13H,8-9H2,1-3H3,(H,20,22)(H,21,23). The van der Waals surface area contributed by atoms with Crippen molar-refractivity contribution in [3.63, 3.8) is 0 Å². The molecule has 3 unspecified atom stereocenters. The minimum absolute atomic E-state index is 0.108. The second-order valence-electron chi connectivity index (χ2n) is 7.29. The average Bonchev–Trinajstić information content (AvgIpc) is 2.92. The molecule has 2 N–H and O–H groups in total. The van der Waals surface area contributed by atoms with Crippen molar-refractivity contribution in [2.75, 3.05) is 0 Å². The fourth-order valence-electron chi connectivity index (χ4n) is 4.36. The highest BCUT2D eigenvalue weighted by molar-refractivity contribution is 9.09. The third-order valence-electron chi connectivity index (χ3n) is 6.37. The number of halogens is 2. The number of alkyl halides is 1. The van der Waals surface area contributed by atoms with Crippen LogP contribution in [0.3, 0.4) is 0 Å². The van der Waals surface area contributed by atoms with Crippen LogP contribution < -0.4 is 10.9 Å². The summed E-state index contributed by atoms with van der Waals surface area (Å²) in [6.45, 7) is 6.49. The largest absolute Gasteiger partial charge is 0.273 e. The third kappa shape index (κ3) is 2.02. The molecule has 3 aliphatic carbocycles. The third-order valence-corrected chi connectivity index (χ3v) is 8.42. The van der Waals surface area contributed by atoms with Gasteiger partial charge in [-0.05, 0) is 47.9 Å². The first-order valence-electron chi connectivity index (χ1n) is 7.67. The maximum Gasteiger partial charge on any atom is 0.269 e. The van der Waals surface area contributed by atoms with Gasteiger partial charge >= 0.3 is 0 Å². The Morgan fingerprint density at radius 1 is 1.13 bits per heavy atom. The maximum absolute atomic E-state index is 12.8. The quantitative estimate of drug-likeness (QED) is 0.588. The predicted octanol–water partition coefficient (Wildman–Crippen LogP) is 3.69. The number of amides is 2. The van der Waals surface area contributed by atoms with Gasteiger partial charge in [0.1, 0.15) is 0 Å². The van der Waals surface area contributed by atoms with Crippen LogP contribution in [0.5, 0.6) is 0 Å². The molecule has 0 aliphatic heterocycles. The lowest BCUT2D eigenvalue weighted by Gasteiger charge is -2.64. The van der Waals surface area contributed by atoms with Gasteiger partial charge in [0.15, 0.2) is 0 Å². The Kier molecular flexibility index (Phi) is 3.80. The highest BCUT2D eigenvalue weighted by Gasteiger charge is 2.80. The second-order valence-corrected chi connectivity index (χ2v) is 8.64. The summed E-state index contributed by atoms with van der Waals surface area (Å²) in [4.78, 5) is 25.0. The Balaban J connectivity index is 1.69. The molecule has 23 heavy (non-hydrogen) atoms. The van der Waals surface area contributed by atoms with Gasteiger partial charge in [-0.2, -0.15) is 0 Å². The Labute approximate surface area is 149 Å². The summed E-state index contributed by atoms with van der Waals surface area (Å²) in [7, 11) is 0. The number of rotatable bonds is 2. The van der Waals surface area contributed by atoms with E-state index in [9.17, 15) is 9.59 Å². The fraction of sp³-hybridized carbons (Fsp3) is 0.529. The molecule has 6 heteroatoms. The summed E-state index contributed by atoms with van der Waals surface area (Å²) in [5, 5.41) is 0.563. The van der Waals surface area contributed by atoms with Crippen molar-refractivity contribution >= 4 is 39.3 Å². The predicted molar refractivity (Wildman–Crippen MR) is 93.3 cm³/mol. The van der Waals surface area contributed by atoms with Crippen LogP contribution in [0, 0.1) is 16.2 Å². The number of hydrazine groups is 1. The van der Waals surface area contributed by atoms with Crippen LogP contribution in [-0.2, 0) is 4.79 Å². The topological polar surface area (TPSA) is 58.2 Å². The highest BCUT2D eigenvalue weighted by Crippen LogP contribution is 2.79. The number of hydrogen-bond donors (Lipinski definition) is 2. The Morgan fingerprint density at radius 3 is 2.22 bits per heavy atom. The van der Waals surface area contributed by atoms with Crippen LogP contribution in [0.15, 0.2) is 24.3 Å². The molecule has 124 valence electrons. The maximum atomic E-state index is 12.8. The van der Waals surface area contributed by atoms with Crippen LogP contribution in [0.4, 0.5) is 0 Å². The van der Waals surface area contributed by atoms with E-state index in [0.717, 1.165) is 12.8 Å². The van der Waals surface area contributed by atoms with Crippen molar-refractivity contribution in [2.24, 2.45) is 16.2 Å². The van der Waals surface area contributed by atoms with E-state index < -0.39 is 5.41 Å². The molecule has 1 aromatic rings. The SMILES string of the molecule is CC12CCC(C(=O)NNC(=O)c3ccc(Cl)cc3)(C1Br)C2(C)C. The number of nitrogens with one attached hydrogen (secondary N) is 2. The molecule has 0 saturated heterocycles. The van der Waals surface area contributed by atoms with Gasteiger partial charge in [-0.25, -0.2) is 0 Å². The van der Waals surface area contributed by atoms with E-state index in [1.165, 1.54) is 0 Å². The van der Waals surface area contributed by atoms with Gasteiger partial charge in [0.2, 0.25) is 5.91 Å². The summed E-state index contributed by atoms with van der Waals surface area (Å²) in [5.74, 6) is -0.475. The minimum Gasteiger partial charge on any atom is -0.273 e. The molecule has 3 saturated carbocycles. The summed E-state index contributed by atoms with van der Waals surface area (Å²) in [6.07, 6.45) is 1.84. The average molecular weight is 400 g/mol. The molecule has 3 atom stereocenters. The first-order valence-corrected chi connectivity index (χ1v) is 8.96. The molecule has 0 spiro atoms. The molecule has 1 aromatic carbocycles. The van der Waals surface area contributed by atoms with Crippen molar-refractivity contribution in [3.8, 4) is 0 Å². The molecular formula is C17H20BrClN2O2. The zero-order valence-electron chi connectivity index (χ0n) is 13.4. The normalized spacial score (nSPS) is 33.7. The van der Waals surface area contributed by atoms with E-state index in [-0.39, 0.29) is 27.5 Å². The number of fused-ring (bicyclic) bond motifs is 1. The van der Waals surface area contributed by atoms with Crippen molar-refractivity contribution in [2.45, 2.75) is 38.4 Å². The van der Waals surface area contributed by atoms with Crippen molar-refractivity contribution < 1.29 is 9.59 Å². The van der Waals surface area contributed by atoms with Gasteiger partial charge in [-0.1, -0.05) is 48.3 Å². The van der Waals surface area contributed by atoms with Crippen molar-refractivity contribution in [1.82, 2.24) is 10.9 Å². The molecule has 3 aliphatic rings. The molecule has 2 bridgehead atoms. The zero-order valence-corrected chi connectivity index (χ0v) is 15.7. The van der Waals surface area contributed by atoms with Gasteiger partial charge in [-0.15, -0.1) is 0 Å². The van der Waals surface area contributed by atoms with Crippen LogP contribution in [0.1, 0.15) is 44.0 Å². The highest BCUT2D eigenvalue weighted by atomic mass is 79.9. The van der Waals surface area contributed by atoms with E-state index in [1.54, 1.807) is 24.3 Å². The van der Waals surface area contributed by atoms with Crippen LogP contribution in [0.25, 0.3) is 0 Å². The first-order chi connectivity index (χ1) is 10.7. The summed E-state index contributed by atoms with van der Waals surface area (Å²) >= 11 is 9.52. The molecule has 0 radical (unpaired) electrons. The minimum atomic E-state index is -0.477. The van der Waals surface area contributed by atoms with Crippen LogP contribution >= 0.6 is 27.5 Å². The Hall–Kier alpha value is -1.07. The lowest BCUT2D eigenvalue weighted by Crippen LogP contribution is -2.70. The zero-order chi connectivity index (χ0) is 17.0. The van der Waals surface area contributed by atoms with Crippen molar-refractivity contribution in [1.29, 1.82) is 0 Å². The summed E-state index contributed by atoms with van der Waals surface area (Å²) in [5.41, 5.74) is 5.11. The van der Waals surface area contributed by atoms with Gasteiger partial charge < -0.3 is 0 Å². The number of benzene rings is 1. The number of hydrogen-bond acceptors (Lipinski definition) is 2. The lowest BCUT2D eigenvalue weighted by atomic mass is 9.43. The van der Waals surface area contributed by atoms with Crippen molar-refractivity contribution in [3.05, 3.63) is 34.9 Å². The van der Waals surface area contributed by atoms with Gasteiger partial charge in [0.05, 0.1) is 5.41 Å². The van der Waals surface area contributed by atoms with Crippen LogP contribution in [0.2, 0.25) is 5.02 Å². The van der Waals surface area contributed by atoms with E-state index in [0.29, 0.717) is 10.6 Å². The summed E-state index contributed by atoms with van der Waals surface area (Å²) < 4.78 is 0. The molecule has 3 fully saturated rings. The van der Waals surface area contributed by atoms with E-state index in [4.69, 9.17) is 11.6 Å². The first kappa shape index (κ1) is 16.8. The Morgan fingerprint density at radius 2 is 1.74 bits per heavy atom. The van der Waals surface area contributed by atoms with E-state index in [1.807, 2.05) is 0 Å². The smallest absolute Gasteiger partial charge is 0.269 e. The Bertz CT molecular complexity index is 676. The molecule has 4 rings (SSSR count). The number of carbonyl (C=O) groups excluding carboxylic acids is 2. The number of carbonyl (C=O) groups is 2. The molecular weight excluding hydrogens is 380 g/mol. The van der Waals surface area contributed by atoms with Gasteiger partial charge in [0, 0.05) is 15.4 Å². The van der Waals surface area contributed by atoms with Gasteiger partial charge in [-0.3, -0.25) is 20.4 Å². The second kappa shape index (κ2) is 5.21. The van der Waals surface area contributed by atoms with Crippen LogP contribution in [-0.4, -0.2) is 16.6 Å². The monoisotopic (exact) mass is 398 g/mol. The van der Waals surface area contributed by atoms with E-state index >= 15 is 0 Å². The van der Waals surface area contributed by atoms with Gasteiger partial charge in [0.25, 0.3) is 5.91 Å². The van der Waals surface area contributed by atoms with E-state index in [2.05, 4.69) is 47.6 Å². The molecule has 0 heterocycles. The molecule has 4 nitrogen and oxygen atoms in total.